The molecule has 10 heteroatoms. The van der Waals surface area contributed by atoms with E-state index in [2.05, 4.69) is 27.7 Å². The van der Waals surface area contributed by atoms with Crippen LogP contribution < -0.4 is 10.6 Å². The number of nitrogens with one attached hydrogen (secondary N) is 2. The molecule has 198 valence electrons. The molecule has 4 heterocycles. The Morgan fingerprint density at radius 2 is 2.08 bits per heavy atom. The third kappa shape index (κ3) is 6.87. The van der Waals surface area contributed by atoms with Gasteiger partial charge in [0.05, 0.1) is 13.0 Å². The van der Waals surface area contributed by atoms with Crippen LogP contribution in [0.1, 0.15) is 49.8 Å². The van der Waals surface area contributed by atoms with Crippen LogP contribution in [0.5, 0.6) is 0 Å². The van der Waals surface area contributed by atoms with E-state index in [4.69, 9.17) is 9.72 Å². The fourth-order valence-electron chi connectivity index (χ4n) is 5.56. The zero-order valence-electron chi connectivity index (χ0n) is 21.2. The Morgan fingerprint density at radius 3 is 2.89 bits per heavy atom. The average molecular weight is 502 g/mol. The Labute approximate surface area is 212 Å². The highest BCUT2D eigenvalue weighted by atomic mass is 16.5. The van der Waals surface area contributed by atoms with Crippen LogP contribution in [0.3, 0.4) is 0 Å². The van der Waals surface area contributed by atoms with Gasteiger partial charge in [-0.05, 0) is 75.5 Å². The summed E-state index contributed by atoms with van der Waals surface area (Å²) in [6.07, 6.45) is 6.60. The van der Waals surface area contributed by atoms with Gasteiger partial charge in [0.1, 0.15) is 11.9 Å². The van der Waals surface area contributed by atoms with Gasteiger partial charge in [-0.15, -0.1) is 0 Å². The third-order valence-corrected chi connectivity index (χ3v) is 7.70. The van der Waals surface area contributed by atoms with Crippen molar-refractivity contribution in [3.8, 4) is 0 Å². The highest BCUT2D eigenvalue weighted by molar-refractivity contribution is 5.85. The van der Waals surface area contributed by atoms with Crippen LogP contribution in [0.4, 0.5) is 10.6 Å². The summed E-state index contributed by atoms with van der Waals surface area (Å²) in [7, 11) is 1.32. The highest BCUT2D eigenvalue weighted by Gasteiger charge is 2.32. The number of aryl methyl sites for hydroxylation is 2. The van der Waals surface area contributed by atoms with E-state index in [-0.39, 0.29) is 12.5 Å². The second-order valence-electron chi connectivity index (χ2n) is 10.3. The van der Waals surface area contributed by atoms with Gasteiger partial charge in [-0.2, -0.15) is 0 Å². The topological polar surface area (TPSA) is 124 Å². The molecule has 36 heavy (non-hydrogen) atoms. The Bertz CT molecular complexity index is 941. The highest BCUT2D eigenvalue weighted by Crippen LogP contribution is 2.24. The number of carboxylic acids is 1. The molecule has 0 bridgehead atoms. The predicted molar refractivity (Wildman–Crippen MR) is 135 cm³/mol. The number of anilines is 1. The van der Waals surface area contributed by atoms with Crippen LogP contribution in [-0.2, 0) is 27.2 Å². The fourth-order valence-corrected chi connectivity index (χ4v) is 5.56. The standard InChI is InChI=1S/C26H39N5O5/c1-36-26(35)31-13-3-5-20(17-31)24(32)29-22(25(33)34)11-15-30-14-10-18(16-30)6-8-21-9-7-19-4-2-12-27-23(19)28-21/h7,9,18,20,22H,2-6,8,10-17H2,1H3,(H,27,28)(H,29,32)(H,33,34)/t18-,20-,22+/m1/s1. The zero-order chi connectivity index (χ0) is 25.5. The number of hydrogen-bond acceptors (Lipinski definition) is 7. The first-order valence-electron chi connectivity index (χ1n) is 13.2. The van der Waals surface area contributed by atoms with Crippen molar-refractivity contribution in [2.75, 3.05) is 51.7 Å². The molecule has 2 amide bonds. The molecule has 3 aliphatic heterocycles. The lowest BCUT2D eigenvalue weighted by molar-refractivity contribution is -0.143. The molecule has 1 aromatic heterocycles. The first-order chi connectivity index (χ1) is 17.4. The molecular formula is C26H39N5O5. The first-order valence-corrected chi connectivity index (χ1v) is 13.2. The minimum atomic E-state index is -1.02. The van der Waals surface area contributed by atoms with Gasteiger partial charge in [0.25, 0.3) is 0 Å². The van der Waals surface area contributed by atoms with Crippen molar-refractivity contribution < 1.29 is 24.2 Å². The van der Waals surface area contributed by atoms with E-state index >= 15 is 0 Å². The number of rotatable bonds is 9. The summed E-state index contributed by atoms with van der Waals surface area (Å²) < 4.78 is 4.76. The second-order valence-corrected chi connectivity index (χ2v) is 10.3. The van der Waals surface area contributed by atoms with E-state index in [1.165, 1.54) is 17.6 Å². The molecule has 0 saturated carbocycles. The van der Waals surface area contributed by atoms with Crippen LogP contribution in [0.2, 0.25) is 0 Å². The number of aromatic nitrogens is 1. The summed E-state index contributed by atoms with van der Waals surface area (Å²) >= 11 is 0. The van der Waals surface area contributed by atoms with Gasteiger partial charge in [0.15, 0.2) is 0 Å². The van der Waals surface area contributed by atoms with E-state index in [0.29, 0.717) is 38.3 Å². The van der Waals surface area contributed by atoms with Crippen LogP contribution in [0, 0.1) is 11.8 Å². The maximum Gasteiger partial charge on any atom is 0.409 e. The van der Waals surface area contributed by atoms with E-state index in [9.17, 15) is 19.5 Å². The Kier molecular flexibility index (Phi) is 9.01. The van der Waals surface area contributed by atoms with Gasteiger partial charge in [-0.3, -0.25) is 4.79 Å². The number of pyridine rings is 1. The summed E-state index contributed by atoms with van der Waals surface area (Å²) in [5.41, 5.74) is 2.44. The van der Waals surface area contributed by atoms with Crippen molar-refractivity contribution >= 4 is 23.8 Å². The van der Waals surface area contributed by atoms with Crippen molar-refractivity contribution in [1.82, 2.24) is 20.1 Å². The third-order valence-electron chi connectivity index (χ3n) is 7.70. The number of aliphatic carboxylic acids is 1. The van der Waals surface area contributed by atoms with Crippen LogP contribution in [0.25, 0.3) is 0 Å². The van der Waals surface area contributed by atoms with Gasteiger partial charge < -0.3 is 30.3 Å². The van der Waals surface area contributed by atoms with Crippen molar-refractivity contribution in [2.24, 2.45) is 11.8 Å². The molecule has 0 aromatic carbocycles. The van der Waals surface area contributed by atoms with Gasteiger partial charge in [-0.25, -0.2) is 14.6 Å². The minimum Gasteiger partial charge on any atom is -0.480 e. The Hall–Kier alpha value is -2.88. The van der Waals surface area contributed by atoms with Crippen LogP contribution in [0.15, 0.2) is 12.1 Å². The van der Waals surface area contributed by atoms with E-state index in [0.717, 1.165) is 63.3 Å². The predicted octanol–water partition coefficient (Wildman–Crippen LogP) is 2.13. The summed E-state index contributed by atoms with van der Waals surface area (Å²) in [5, 5.41) is 15.8. The molecule has 0 radical (unpaired) electrons. The van der Waals surface area contributed by atoms with Gasteiger partial charge in [-0.1, -0.05) is 6.07 Å². The average Bonchev–Trinajstić information content (AvgIpc) is 3.36. The normalized spacial score (nSPS) is 22.9. The number of carbonyl (C=O) groups is 3. The van der Waals surface area contributed by atoms with Crippen LogP contribution >= 0.6 is 0 Å². The molecule has 3 atom stereocenters. The van der Waals surface area contributed by atoms with Crippen molar-refractivity contribution in [3.05, 3.63) is 23.4 Å². The molecule has 3 aliphatic rings. The molecule has 0 unspecified atom stereocenters. The molecule has 10 nitrogen and oxygen atoms in total. The Morgan fingerprint density at radius 1 is 1.22 bits per heavy atom. The zero-order valence-corrected chi connectivity index (χ0v) is 21.2. The van der Waals surface area contributed by atoms with Gasteiger partial charge in [0.2, 0.25) is 5.91 Å². The molecule has 0 aliphatic carbocycles. The molecule has 1 aromatic rings. The molecular weight excluding hydrogens is 462 g/mol. The number of ether oxygens (including phenoxy) is 1. The molecule has 3 N–H and O–H groups in total. The molecule has 0 spiro atoms. The minimum absolute atomic E-state index is 0.258. The number of methoxy groups -OCH3 is 1. The summed E-state index contributed by atoms with van der Waals surface area (Å²) in [6, 6.07) is 3.41. The fraction of sp³-hybridized carbons (Fsp3) is 0.692. The number of likely N-dealkylation sites (tertiary alicyclic amines) is 2. The number of nitrogens with zero attached hydrogens (tertiary/aromatic N) is 3. The van der Waals surface area contributed by atoms with Crippen molar-refractivity contribution in [2.45, 2.75) is 57.4 Å². The van der Waals surface area contributed by atoms with Gasteiger partial charge >= 0.3 is 12.1 Å². The maximum atomic E-state index is 12.7. The summed E-state index contributed by atoms with van der Waals surface area (Å²) in [4.78, 5) is 45.0. The van der Waals surface area contributed by atoms with Crippen LogP contribution in [-0.4, -0.2) is 90.3 Å². The molecule has 4 rings (SSSR count). The van der Waals surface area contributed by atoms with Crippen molar-refractivity contribution in [3.63, 3.8) is 0 Å². The lowest BCUT2D eigenvalue weighted by Crippen LogP contribution is -2.50. The van der Waals surface area contributed by atoms with Gasteiger partial charge in [0, 0.05) is 38.4 Å². The van der Waals surface area contributed by atoms with E-state index < -0.39 is 24.0 Å². The molecule has 2 saturated heterocycles. The number of piperidine rings is 1. The lowest BCUT2D eigenvalue weighted by atomic mass is 9.97. The lowest BCUT2D eigenvalue weighted by Gasteiger charge is -2.31. The smallest absolute Gasteiger partial charge is 0.409 e. The van der Waals surface area contributed by atoms with E-state index in [1.807, 2.05) is 0 Å². The number of fused-ring (bicyclic) bond motifs is 1. The van der Waals surface area contributed by atoms with Crippen molar-refractivity contribution in [1.29, 1.82) is 0 Å². The number of hydrogen-bond donors (Lipinski definition) is 3. The molecule has 2 fully saturated rings. The number of carboxylic acid groups (broad SMARTS) is 1. The second kappa shape index (κ2) is 12.4. The SMILES string of the molecule is COC(=O)N1CCC[C@@H](C(=O)N[C@@H](CCN2CC[C@@H](CCc3ccc4c(n3)NCCC4)C2)C(=O)O)C1. The number of carbonyl (C=O) groups excluding carboxylic acids is 2. The summed E-state index contributed by atoms with van der Waals surface area (Å²) in [6.45, 7) is 4.32. The monoisotopic (exact) mass is 501 g/mol. The largest absolute Gasteiger partial charge is 0.480 e. The quantitative estimate of drug-likeness (QED) is 0.470. The number of amides is 2. The maximum absolute atomic E-state index is 12.7. The first kappa shape index (κ1) is 26.2. The van der Waals surface area contributed by atoms with E-state index in [1.54, 1.807) is 0 Å². The Balaban J connectivity index is 1.20. The summed E-state index contributed by atoms with van der Waals surface area (Å²) in [5.74, 6) is -0.127.